The van der Waals surface area contributed by atoms with Gasteiger partial charge in [0.25, 0.3) is 0 Å². The van der Waals surface area contributed by atoms with Crippen molar-refractivity contribution < 1.29 is 13.2 Å². The van der Waals surface area contributed by atoms with Crippen molar-refractivity contribution in [3.05, 3.63) is 77.9 Å². The third-order valence-corrected chi connectivity index (χ3v) is 9.17. The minimum atomic E-state index is -3.42. The lowest BCUT2D eigenvalue weighted by molar-refractivity contribution is -0.132. The maximum Gasteiger partial charge on any atom is 0.243 e. The number of hydrogen-bond donors (Lipinski definition) is 0. The topological polar surface area (TPSA) is 57.7 Å². The maximum atomic E-state index is 13.2. The normalized spacial score (nSPS) is 19.5. The first-order valence-electron chi connectivity index (χ1n) is 12.4. The highest BCUT2D eigenvalue weighted by Crippen LogP contribution is 2.36. The van der Waals surface area contributed by atoms with Crippen LogP contribution < -0.4 is 0 Å². The molecule has 178 valence electrons. The smallest absolute Gasteiger partial charge is 0.243 e. The highest BCUT2D eigenvalue weighted by molar-refractivity contribution is 7.89. The van der Waals surface area contributed by atoms with Crippen LogP contribution in [0.4, 0.5) is 0 Å². The van der Waals surface area contributed by atoms with Gasteiger partial charge in [-0.25, -0.2) is 8.42 Å². The number of likely N-dealkylation sites (tertiary alicyclic amines) is 1. The minimum Gasteiger partial charge on any atom is -0.336 e. The molecule has 5 rings (SSSR count). The molecule has 3 aromatic carbocycles. The Bertz CT molecular complexity index is 1260. The van der Waals surface area contributed by atoms with E-state index in [1.807, 2.05) is 23.1 Å². The van der Waals surface area contributed by atoms with Gasteiger partial charge in [-0.1, -0.05) is 61.0 Å². The number of hydrogen-bond acceptors (Lipinski definition) is 3. The van der Waals surface area contributed by atoms with Crippen LogP contribution in [0.15, 0.2) is 71.6 Å². The molecule has 2 saturated heterocycles. The number of benzene rings is 3. The number of piperidine rings is 1. The van der Waals surface area contributed by atoms with Gasteiger partial charge in [-0.05, 0) is 66.1 Å². The van der Waals surface area contributed by atoms with E-state index in [0.29, 0.717) is 30.8 Å². The lowest BCUT2D eigenvalue weighted by Crippen LogP contribution is -2.35. The summed E-state index contributed by atoms with van der Waals surface area (Å²) >= 11 is 0. The molecule has 2 aliphatic rings. The van der Waals surface area contributed by atoms with E-state index < -0.39 is 10.0 Å². The Morgan fingerprint density at radius 3 is 2.35 bits per heavy atom. The monoisotopic (exact) mass is 476 g/mol. The van der Waals surface area contributed by atoms with Crippen molar-refractivity contribution in [1.82, 2.24) is 9.21 Å². The van der Waals surface area contributed by atoms with Crippen LogP contribution in [0.5, 0.6) is 0 Å². The molecule has 1 atom stereocenters. The molecule has 0 radical (unpaired) electrons. The molecule has 0 spiro atoms. The second-order valence-electron chi connectivity index (χ2n) is 9.42. The van der Waals surface area contributed by atoms with Gasteiger partial charge in [0.15, 0.2) is 0 Å². The number of sulfonamides is 1. The molecule has 2 aliphatic heterocycles. The van der Waals surface area contributed by atoms with Crippen molar-refractivity contribution in [2.45, 2.75) is 55.9 Å². The number of carbonyl (C=O) groups is 1. The number of amides is 1. The third kappa shape index (κ3) is 4.62. The van der Waals surface area contributed by atoms with Crippen LogP contribution in [-0.2, 0) is 21.2 Å². The fourth-order valence-corrected chi connectivity index (χ4v) is 6.92. The highest BCUT2D eigenvalue weighted by atomic mass is 32.2. The van der Waals surface area contributed by atoms with Gasteiger partial charge in [0.2, 0.25) is 15.9 Å². The number of nitrogens with zero attached hydrogens (tertiary/aromatic N) is 2. The summed E-state index contributed by atoms with van der Waals surface area (Å²) in [4.78, 5) is 15.6. The van der Waals surface area contributed by atoms with Gasteiger partial charge in [-0.15, -0.1) is 0 Å². The van der Waals surface area contributed by atoms with Gasteiger partial charge < -0.3 is 4.90 Å². The standard InChI is InChI=1S/C28H32N2O3S/c31-28(30-21-7-12-27(30)26-11-6-9-23-8-2-3-10-25(23)26)18-15-22-13-16-24(17-14-22)34(32,33)29-19-4-1-5-20-29/h2-3,6,8-11,13-14,16-17,27H,1,4-5,7,12,15,18-21H2. The van der Waals surface area contributed by atoms with E-state index in [4.69, 9.17) is 0 Å². The third-order valence-electron chi connectivity index (χ3n) is 7.26. The lowest BCUT2D eigenvalue weighted by atomic mass is 9.97. The second-order valence-corrected chi connectivity index (χ2v) is 11.4. The number of aryl methyl sites for hydroxylation is 1. The van der Waals surface area contributed by atoms with Crippen LogP contribution in [0, 0.1) is 0 Å². The Hall–Kier alpha value is -2.70. The van der Waals surface area contributed by atoms with E-state index in [-0.39, 0.29) is 11.9 Å². The Morgan fingerprint density at radius 2 is 1.56 bits per heavy atom. The van der Waals surface area contributed by atoms with Crippen LogP contribution in [-0.4, -0.2) is 43.2 Å². The number of fused-ring (bicyclic) bond motifs is 1. The zero-order valence-electron chi connectivity index (χ0n) is 19.5. The quantitative estimate of drug-likeness (QED) is 0.484. The van der Waals surface area contributed by atoms with E-state index in [1.165, 1.54) is 16.3 Å². The van der Waals surface area contributed by atoms with Crippen molar-refractivity contribution >= 4 is 26.7 Å². The molecule has 6 heteroatoms. The SMILES string of the molecule is O=C(CCc1ccc(S(=O)(=O)N2CCCCC2)cc1)N1CCCC1c1cccc2ccccc12. The summed E-state index contributed by atoms with van der Waals surface area (Å²) in [5.41, 5.74) is 2.23. The van der Waals surface area contributed by atoms with E-state index >= 15 is 0 Å². The zero-order chi connectivity index (χ0) is 23.5. The molecule has 0 aromatic heterocycles. The molecule has 0 aliphatic carbocycles. The zero-order valence-corrected chi connectivity index (χ0v) is 20.3. The molecule has 1 amide bonds. The first-order chi connectivity index (χ1) is 16.5. The van der Waals surface area contributed by atoms with E-state index in [0.717, 1.165) is 44.2 Å². The Balaban J connectivity index is 1.25. The molecule has 3 aromatic rings. The van der Waals surface area contributed by atoms with Gasteiger partial charge in [0.1, 0.15) is 0 Å². The van der Waals surface area contributed by atoms with Gasteiger partial charge >= 0.3 is 0 Å². The van der Waals surface area contributed by atoms with Crippen LogP contribution in [0.3, 0.4) is 0 Å². The van der Waals surface area contributed by atoms with E-state index in [1.54, 1.807) is 16.4 Å². The van der Waals surface area contributed by atoms with Crippen LogP contribution in [0.2, 0.25) is 0 Å². The summed E-state index contributed by atoms with van der Waals surface area (Å²) in [7, 11) is -3.42. The summed E-state index contributed by atoms with van der Waals surface area (Å²) in [6.45, 7) is 2.00. The predicted octanol–water partition coefficient (Wildman–Crippen LogP) is 5.31. The van der Waals surface area contributed by atoms with Crippen LogP contribution in [0.1, 0.15) is 55.7 Å². The highest BCUT2D eigenvalue weighted by Gasteiger charge is 2.30. The van der Waals surface area contributed by atoms with Crippen molar-refractivity contribution in [1.29, 1.82) is 0 Å². The van der Waals surface area contributed by atoms with Crippen LogP contribution >= 0.6 is 0 Å². The molecule has 5 nitrogen and oxygen atoms in total. The average Bonchev–Trinajstić information content (AvgIpc) is 3.38. The number of rotatable bonds is 6. The molecule has 2 fully saturated rings. The van der Waals surface area contributed by atoms with Gasteiger partial charge in [-0.2, -0.15) is 4.31 Å². The fourth-order valence-electron chi connectivity index (χ4n) is 5.41. The first kappa shape index (κ1) is 23.1. The van der Waals surface area contributed by atoms with Crippen molar-refractivity contribution in [3.63, 3.8) is 0 Å². The fraction of sp³-hybridized carbons (Fsp3) is 0.393. The van der Waals surface area contributed by atoms with Gasteiger partial charge in [-0.3, -0.25) is 4.79 Å². The van der Waals surface area contributed by atoms with Gasteiger partial charge in [0, 0.05) is 26.1 Å². The van der Waals surface area contributed by atoms with Crippen LogP contribution in [0.25, 0.3) is 10.8 Å². The maximum absolute atomic E-state index is 13.2. The second kappa shape index (κ2) is 9.88. The molecule has 0 bridgehead atoms. The Kier molecular flexibility index (Phi) is 6.70. The molecular weight excluding hydrogens is 444 g/mol. The van der Waals surface area contributed by atoms with E-state index in [9.17, 15) is 13.2 Å². The van der Waals surface area contributed by atoms with Crippen molar-refractivity contribution in [3.8, 4) is 0 Å². The largest absolute Gasteiger partial charge is 0.336 e. The first-order valence-corrected chi connectivity index (χ1v) is 13.8. The number of carbonyl (C=O) groups excluding carboxylic acids is 1. The molecular formula is C28H32N2O3S. The summed E-state index contributed by atoms with van der Waals surface area (Å²) in [6, 6.07) is 21.9. The Morgan fingerprint density at radius 1 is 0.824 bits per heavy atom. The molecule has 2 heterocycles. The summed E-state index contributed by atoms with van der Waals surface area (Å²) in [6.07, 6.45) is 6.00. The molecule has 0 N–H and O–H groups in total. The average molecular weight is 477 g/mol. The predicted molar refractivity (Wildman–Crippen MR) is 135 cm³/mol. The van der Waals surface area contributed by atoms with Crippen molar-refractivity contribution in [2.75, 3.05) is 19.6 Å². The molecule has 0 saturated carbocycles. The lowest BCUT2D eigenvalue weighted by Gasteiger charge is -2.26. The summed E-state index contributed by atoms with van der Waals surface area (Å²) < 4.78 is 27.3. The minimum absolute atomic E-state index is 0.121. The molecule has 1 unspecified atom stereocenters. The molecule has 34 heavy (non-hydrogen) atoms. The van der Waals surface area contributed by atoms with Crippen molar-refractivity contribution in [2.24, 2.45) is 0 Å². The Labute approximate surface area is 202 Å². The van der Waals surface area contributed by atoms with E-state index in [2.05, 4.69) is 36.4 Å². The van der Waals surface area contributed by atoms with Gasteiger partial charge in [0.05, 0.1) is 10.9 Å². The summed E-state index contributed by atoms with van der Waals surface area (Å²) in [5.74, 6) is 0.167. The summed E-state index contributed by atoms with van der Waals surface area (Å²) in [5, 5.41) is 2.43.